The summed E-state index contributed by atoms with van der Waals surface area (Å²) < 4.78 is 1.93. The SMILES string of the molecule is CN(C(=O)C1CCCN1C(=O)Cc1cn2ccsc2n1)C1CC1. The van der Waals surface area contributed by atoms with E-state index in [1.807, 2.05) is 34.1 Å². The highest BCUT2D eigenvalue weighted by molar-refractivity contribution is 7.15. The van der Waals surface area contributed by atoms with Gasteiger partial charge < -0.3 is 9.80 Å². The van der Waals surface area contributed by atoms with Crippen LogP contribution in [0.1, 0.15) is 31.4 Å². The van der Waals surface area contributed by atoms with E-state index in [0.29, 0.717) is 12.6 Å². The molecule has 7 heteroatoms. The van der Waals surface area contributed by atoms with Gasteiger partial charge in [-0.15, -0.1) is 11.3 Å². The molecule has 1 saturated carbocycles. The van der Waals surface area contributed by atoms with Crippen LogP contribution in [0.15, 0.2) is 17.8 Å². The van der Waals surface area contributed by atoms with E-state index in [-0.39, 0.29) is 24.3 Å². The van der Waals surface area contributed by atoms with E-state index in [1.54, 1.807) is 16.2 Å². The van der Waals surface area contributed by atoms with Crippen molar-refractivity contribution in [2.24, 2.45) is 0 Å². The Balaban J connectivity index is 1.45. The number of likely N-dealkylation sites (tertiary alicyclic amines) is 1. The lowest BCUT2D eigenvalue weighted by atomic mass is 10.2. The first kappa shape index (κ1) is 14.7. The zero-order chi connectivity index (χ0) is 16.0. The summed E-state index contributed by atoms with van der Waals surface area (Å²) in [5.74, 6) is 0.111. The van der Waals surface area contributed by atoms with Crippen molar-refractivity contribution in [1.29, 1.82) is 0 Å². The van der Waals surface area contributed by atoms with Crippen molar-refractivity contribution in [1.82, 2.24) is 19.2 Å². The molecule has 1 aliphatic heterocycles. The minimum Gasteiger partial charge on any atom is -0.341 e. The van der Waals surface area contributed by atoms with E-state index in [0.717, 1.165) is 36.3 Å². The maximum Gasteiger partial charge on any atom is 0.245 e. The molecule has 23 heavy (non-hydrogen) atoms. The molecule has 0 radical (unpaired) electrons. The van der Waals surface area contributed by atoms with E-state index in [9.17, 15) is 9.59 Å². The number of carbonyl (C=O) groups excluding carboxylic acids is 2. The molecule has 1 saturated heterocycles. The Morgan fingerprint density at radius 2 is 2.22 bits per heavy atom. The molecule has 2 fully saturated rings. The van der Waals surface area contributed by atoms with Crippen LogP contribution in [0.2, 0.25) is 0 Å². The summed E-state index contributed by atoms with van der Waals surface area (Å²) in [6, 6.07) is 0.108. The smallest absolute Gasteiger partial charge is 0.245 e. The number of hydrogen-bond acceptors (Lipinski definition) is 4. The number of carbonyl (C=O) groups is 2. The van der Waals surface area contributed by atoms with E-state index in [1.165, 1.54) is 0 Å². The summed E-state index contributed by atoms with van der Waals surface area (Å²) in [4.78, 5) is 34.2. The van der Waals surface area contributed by atoms with Crippen molar-refractivity contribution in [3.63, 3.8) is 0 Å². The Bertz CT molecular complexity index is 720. The monoisotopic (exact) mass is 332 g/mol. The van der Waals surface area contributed by atoms with Crippen molar-refractivity contribution < 1.29 is 9.59 Å². The van der Waals surface area contributed by atoms with Crippen LogP contribution >= 0.6 is 11.3 Å². The van der Waals surface area contributed by atoms with Crippen LogP contribution in [-0.2, 0) is 16.0 Å². The molecule has 122 valence electrons. The Kier molecular flexibility index (Phi) is 3.60. The maximum atomic E-state index is 12.6. The van der Waals surface area contributed by atoms with Crippen LogP contribution in [0.3, 0.4) is 0 Å². The van der Waals surface area contributed by atoms with Crippen LogP contribution in [0.25, 0.3) is 4.96 Å². The summed E-state index contributed by atoms with van der Waals surface area (Å²) in [7, 11) is 1.87. The fraction of sp³-hybridized carbons (Fsp3) is 0.562. The third kappa shape index (κ3) is 2.73. The van der Waals surface area contributed by atoms with Gasteiger partial charge in [-0.05, 0) is 25.7 Å². The molecule has 4 rings (SSSR count). The Morgan fingerprint density at radius 1 is 1.39 bits per heavy atom. The predicted octanol–water partition coefficient (Wildman–Crippen LogP) is 1.55. The lowest BCUT2D eigenvalue weighted by Gasteiger charge is -2.28. The lowest BCUT2D eigenvalue weighted by Crippen LogP contribution is -2.47. The standard InChI is InChI=1S/C16H20N4O2S/c1-18(12-4-5-12)15(22)13-3-2-6-20(13)14(21)9-11-10-19-7-8-23-16(19)17-11/h7-8,10,12-13H,2-6,9H2,1H3. The van der Waals surface area contributed by atoms with Gasteiger partial charge in [0.1, 0.15) is 6.04 Å². The van der Waals surface area contributed by atoms with Crippen LogP contribution in [0.5, 0.6) is 0 Å². The molecule has 2 aromatic rings. The molecule has 0 bridgehead atoms. The summed E-state index contributed by atoms with van der Waals surface area (Å²) in [5, 5.41) is 1.97. The first-order chi connectivity index (χ1) is 11.1. The summed E-state index contributed by atoms with van der Waals surface area (Å²) in [5.41, 5.74) is 0.774. The number of aromatic nitrogens is 2. The molecule has 1 atom stereocenters. The van der Waals surface area contributed by atoms with Gasteiger partial charge in [0.2, 0.25) is 11.8 Å². The van der Waals surface area contributed by atoms with Gasteiger partial charge in [0.05, 0.1) is 12.1 Å². The first-order valence-electron chi connectivity index (χ1n) is 8.10. The molecule has 6 nitrogen and oxygen atoms in total. The van der Waals surface area contributed by atoms with Gasteiger partial charge in [-0.2, -0.15) is 0 Å². The molecular formula is C16H20N4O2S. The second kappa shape index (κ2) is 5.63. The van der Waals surface area contributed by atoms with Crippen molar-refractivity contribution in [2.45, 2.75) is 44.2 Å². The van der Waals surface area contributed by atoms with Gasteiger partial charge in [0.25, 0.3) is 0 Å². The highest BCUT2D eigenvalue weighted by Gasteiger charge is 2.39. The maximum absolute atomic E-state index is 12.6. The van der Waals surface area contributed by atoms with Crippen molar-refractivity contribution in [3.8, 4) is 0 Å². The molecule has 0 spiro atoms. The third-order valence-electron chi connectivity index (χ3n) is 4.78. The minimum atomic E-state index is -0.281. The molecule has 1 aliphatic carbocycles. The lowest BCUT2D eigenvalue weighted by molar-refractivity contribution is -0.143. The van der Waals surface area contributed by atoms with Gasteiger partial charge in [0, 0.05) is 37.4 Å². The fourth-order valence-corrected chi connectivity index (χ4v) is 4.04. The Hall–Kier alpha value is -1.89. The summed E-state index contributed by atoms with van der Waals surface area (Å²) in [6.07, 6.45) is 7.97. The van der Waals surface area contributed by atoms with Crippen molar-refractivity contribution in [2.75, 3.05) is 13.6 Å². The van der Waals surface area contributed by atoms with Crippen molar-refractivity contribution >= 4 is 28.1 Å². The van der Waals surface area contributed by atoms with Gasteiger partial charge in [-0.3, -0.25) is 14.0 Å². The Labute approximate surface area is 138 Å². The topological polar surface area (TPSA) is 57.9 Å². The van der Waals surface area contributed by atoms with E-state index < -0.39 is 0 Å². The molecule has 1 unspecified atom stereocenters. The third-order valence-corrected chi connectivity index (χ3v) is 5.55. The van der Waals surface area contributed by atoms with Crippen LogP contribution in [0, 0.1) is 0 Å². The number of fused-ring (bicyclic) bond motifs is 1. The molecule has 2 amide bonds. The molecule has 0 aromatic carbocycles. The highest BCUT2D eigenvalue weighted by atomic mass is 32.1. The van der Waals surface area contributed by atoms with E-state index in [2.05, 4.69) is 4.98 Å². The quantitative estimate of drug-likeness (QED) is 0.853. The second-order valence-electron chi connectivity index (χ2n) is 6.43. The number of amides is 2. The Morgan fingerprint density at radius 3 is 2.96 bits per heavy atom. The van der Waals surface area contributed by atoms with E-state index >= 15 is 0 Å². The number of rotatable bonds is 4. The summed E-state index contributed by atoms with van der Waals surface area (Å²) in [6.45, 7) is 0.677. The second-order valence-corrected chi connectivity index (χ2v) is 7.30. The zero-order valence-electron chi connectivity index (χ0n) is 13.1. The van der Waals surface area contributed by atoms with Crippen molar-refractivity contribution in [3.05, 3.63) is 23.5 Å². The number of nitrogens with zero attached hydrogens (tertiary/aromatic N) is 4. The van der Waals surface area contributed by atoms with Crippen LogP contribution in [-0.4, -0.2) is 56.7 Å². The van der Waals surface area contributed by atoms with Crippen LogP contribution < -0.4 is 0 Å². The molecular weight excluding hydrogens is 312 g/mol. The average molecular weight is 332 g/mol. The first-order valence-corrected chi connectivity index (χ1v) is 8.98. The number of likely N-dealkylation sites (N-methyl/N-ethyl adjacent to an activating group) is 1. The zero-order valence-corrected chi connectivity index (χ0v) is 14.0. The van der Waals surface area contributed by atoms with E-state index in [4.69, 9.17) is 0 Å². The molecule has 2 aliphatic rings. The average Bonchev–Trinajstić information content (AvgIpc) is 2.94. The minimum absolute atomic E-state index is 0.0100. The number of thiazole rings is 1. The highest BCUT2D eigenvalue weighted by Crippen LogP contribution is 2.28. The fourth-order valence-electron chi connectivity index (χ4n) is 3.32. The van der Waals surface area contributed by atoms with Gasteiger partial charge in [-0.1, -0.05) is 0 Å². The summed E-state index contributed by atoms with van der Waals surface area (Å²) >= 11 is 1.55. The normalized spacial score (nSPS) is 21.1. The van der Waals surface area contributed by atoms with Gasteiger partial charge in [-0.25, -0.2) is 4.98 Å². The van der Waals surface area contributed by atoms with Gasteiger partial charge >= 0.3 is 0 Å². The molecule has 0 N–H and O–H groups in total. The number of hydrogen-bond donors (Lipinski definition) is 0. The number of imidazole rings is 1. The largest absolute Gasteiger partial charge is 0.341 e. The van der Waals surface area contributed by atoms with Gasteiger partial charge in [0.15, 0.2) is 4.96 Å². The van der Waals surface area contributed by atoms with Crippen LogP contribution in [0.4, 0.5) is 0 Å². The molecule has 2 aromatic heterocycles. The molecule has 3 heterocycles. The predicted molar refractivity (Wildman–Crippen MR) is 87.3 cm³/mol.